The van der Waals surface area contributed by atoms with Crippen LogP contribution in [0.1, 0.15) is 200 Å². The molecule has 14 heteroatoms. The van der Waals surface area contributed by atoms with E-state index in [1.165, 1.54) is 83.5 Å². The van der Waals surface area contributed by atoms with Crippen molar-refractivity contribution < 1.29 is 63.1 Å². The Hall–Kier alpha value is -2.45. The summed E-state index contributed by atoms with van der Waals surface area (Å²) in [6, 6.07) is 0. The van der Waals surface area contributed by atoms with E-state index >= 15 is 0 Å². The number of unbranched alkanes of at least 4 members (excludes halogenated alkanes) is 20. The van der Waals surface area contributed by atoms with Gasteiger partial charge in [-0.2, -0.15) is 0 Å². The molecule has 0 radical (unpaired) electrons. The van der Waals surface area contributed by atoms with Crippen LogP contribution in [0.4, 0.5) is 0 Å². The fourth-order valence-electron chi connectivity index (χ4n) is 7.55. The highest BCUT2D eigenvalue weighted by molar-refractivity contribution is 7.47. The summed E-state index contributed by atoms with van der Waals surface area (Å²) in [5, 5.41) is 50.3. The number of esters is 2. The van der Waals surface area contributed by atoms with Crippen LogP contribution in [0.15, 0.2) is 60.8 Å². The third-order valence-corrected chi connectivity index (χ3v) is 12.6. The molecule has 13 nitrogen and oxygen atoms in total. The van der Waals surface area contributed by atoms with Gasteiger partial charge in [-0.25, -0.2) is 4.57 Å². The standard InChI is InChI=1S/C52H91O13P/c1-3-5-7-9-11-13-15-17-19-21-23-25-26-28-30-32-34-36-38-40-45(53)62-42-44(43-63-66(60,61)65-52-50(58)48(56)47(55)49(57)51(52)59)64-46(54)41-39-37-35-33-31-29-27-24-22-20-18-16-14-12-10-8-6-4-2/h5,7,11,13,17,19,23,25,28,30,44,47-52,55-59H,3-4,6,8-10,12,14-16,18,20-22,24,26-27,29,31-43H2,1-2H3,(H,60,61)/b7-5+,13-11+,19-17+,25-23+,30-28+/t44-,47?,48-,49?,50?,51?,52?/m0/s1. The molecule has 0 bridgehead atoms. The zero-order valence-corrected chi connectivity index (χ0v) is 41.6. The minimum absolute atomic E-state index is 0.0902. The molecule has 6 unspecified atom stereocenters. The number of hydrogen-bond acceptors (Lipinski definition) is 12. The van der Waals surface area contributed by atoms with Crippen LogP contribution in [0.2, 0.25) is 0 Å². The Morgan fingerprint density at radius 1 is 0.485 bits per heavy atom. The molecular weight excluding hydrogens is 864 g/mol. The van der Waals surface area contributed by atoms with Gasteiger partial charge in [0.1, 0.15) is 43.2 Å². The Balaban J connectivity index is 2.43. The van der Waals surface area contributed by atoms with Crippen LogP contribution in [0.5, 0.6) is 0 Å². The van der Waals surface area contributed by atoms with Crippen molar-refractivity contribution in [1.29, 1.82) is 0 Å². The Labute approximate surface area is 398 Å². The molecule has 1 saturated carbocycles. The summed E-state index contributed by atoms with van der Waals surface area (Å²) in [6.07, 6.45) is 38.4. The number of aliphatic hydroxyl groups is 5. The van der Waals surface area contributed by atoms with Crippen LogP contribution < -0.4 is 0 Å². The van der Waals surface area contributed by atoms with Crippen molar-refractivity contribution in [2.75, 3.05) is 13.2 Å². The zero-order chi connectivity index (χ0) is 48.5. The SMILES string of the molecule is CC/C=C/C/C=C/C/C=C/C/C=C/C/C=C/CCCCCC(=O)OC[C@@H](COP(=O)(O)OC1C(O)C(O)C(O)[C@H](O)C1O)OC(=O)CCCCCCCCCCCCCCCCCCCC. The van der Waals surface area contributed by atoms with Crippen molar-refractivity contribution in [1.82, 2.24) is 0 Å². The molecule has 382 valence electrons. The van der Waals surface area contributed by atoms with Crippen molar-refractivity contribution >= 4 is 19.8 Å². The number of allylic oxidation sites excluding steroid dienone is 10. The highest BCUT2D eigenvalue weighted by Crippen LogP contribution is 2.47. The van der Waals surface area contributed by atoms with Crippen LogP contribution in [-0.4, -0.2) is 98.3 Å². The van der Waals surface area contributed by atoms with Gasteiger partial charge in [-0.15, -0.1) is 0 Å². The molecule has 0 aromatic heterocycles. The Bertz CT molecular complexity index is 1380. The first-order chi connectivity index (χ1) is 31.9. The smallest absolute Gasteiger partial charge is 0.462 e. The predicted octanol–water partition coefficient (Wildman–Crippen LogP) is 10.9. The van der Waals surface area contributed by atoms with Gasteiger partial charge < -0.3 is 39.9 Å². The lowest BCUT2D eigenvalue weighted by Crippen LogP contribution is -2.64. The molecule has 6 N–H and O–H groups in total. The van der Waals surface area contributed by atoms with Gasteiger partial charge in [-0.05, 0) is 57.8 Å². The third kappa shape index (κ3) is 33.1. The van der Waals surface area contributed by atoms with E-state index < -0.39 is 75.7 Å². The van der Waals surface area contributed by atoms with Gasteiger partial charge in [0.15, 0.2) is 6.10 Å². The van der Waals surface area contributed by atoms with E-state index in [1.54, 1.807) is 0 Å². The second kappa shape index (κ2) is 41.5. The van der Waals surface area contributed by atoms with Gasteiger partial charge in [0.25, 0.3) is 0 Å². The molecule has 0 saturated heterocycles. The molecular formula is C52H91O13P. The third-order valence-electron chi connectivity index (χ3n) is 11.6. The Morgan fingerprint density at radius 2 is 0.864 bits per heavy atom. The molecule has 1 aliphatic rings. The van der Waals surface area contributed by atoms with E-state index in [1.807, 2.05) is 0 Å². The molecule has 1 aliphatic carbocycles. The summed E-state index contributed by atoms with van der Waals surface area (Å²) in [6.45, 7) is 3.18. The van der Waals surface area contributed by atoms with Crippen LogP contribution in [0.25, 0.3) is 0 Å². The predicted molar refractivity (Wildman–Crippen MR) is 262 cm³/mol. The number of carbonyl (C=O) groups excluding carboxylic acids is 2. The molecule has 66 heavy (non-hydrogen) atoms. The molecule has 0 aliphatic heterocycles. The summed E-state index contributed by atoms with van der Waals surface area (Å²) < 4.78 is 33.6. The molecule has 1 rings (SSSR count). The number of rotatable bonds is 42. The number of phosphoric ester groups is 1. The number of phosphoric acid groups is 1. The van der Waals surface area contributed by atoms with E-state index in [2.05, 4.69) is 74.6 Å². The molecule has 0 heterocycles. The summed E-state index contributed by atoms with van der Waals surface area (Å²) >= 11 is 0. The Morgan fingerprint density at radius 3 is 1.32 bits per heavy atom. The fourth-order valence-corrected chi connectivity index (χ4v) is 8.52. The zero-order valence-electron chi connectivity index (χ0n) is 40.7. The molecule has 0 aromatic carbocycles. The molecule has 0 aromatic rings. The molecule has 0 spiro atoms. The maximum atomic E-state index is 12.8. The van der Waals surface area contributed by atoms with E-state index in [0.29, 0.717) is 12.8 Å². The minimum Gasteiger partial charge on any atom is -0.462 e. The van der Waals surface area contributed by atoms with Crippen molar-refractivity contribution in [3.8, 4) is 0 Å². The highest BCUT2D eigenvalue weighted by atomic mass is 31.2. The van der Waals surface area contributed by atoms with Gasteiger partial charge in [-0.3, -0.25) is 18.6 Å². The van der Waals surface area contributed by atoms with Gasteiger partial charge in [-0.1, -0.05) is 190 Å². The Kier molecular flexibility index (Phi) is 38.7. The lowest BCUT2D eigenvalue weighted by molar-refractivity contribution is -0.220. The van der Waals surface area contributed by atoms with Crippen LogP contribution in [0.3, 0.4) is 0 Å². The number of aliphatic hydroxyl groups excluding tert-OH is 5. The quantitative estimate of drug-likeness (QED) is 0.0146. The second-order valence-corrected chi connectivity index (χ2v) is 19.1. The largest absolute Gasteiger partial charge is 0.472 e. The van der Waals surface area contributed by atoms with E-state index in [-0.39, 0.29) is 12.8 Å². The second-order valence-electron chi connectivity index (χ2n) is 17.7. The van der Waals surface area contributed by atoms with E-state index in [4.69, 9.17) is 18.5 Å². The monoisotopic (exact) mass is 955 g/mol. The van der Waals surface area contributed by atoms with Crippen molar-refractivity contribution in [2.24, 2.45) is 0 Å². The van der Waals surface area contributed by atoms with E-state index in [0.717, 1.165) is 77.0 Å². The first-order valence-corrected chi connectivity index (χ1v) is 27.1. The first-order valence-electron chi connectivity index (χ1n) is 25.6. The van der Waals surface area contributed by atoms with Crippen LogP contribution in [0, 0.1) is 0 Å². The minimum atomic E-state index is -5.13. The maximum absolute atomic E-state index is 12.8. The summed E-state index contributed by atoms with van der Waals surface area (Å²) in [5.74, 6) is -1.13. The average molecular weight is 955 g/mol. The van der Waals surface area contributed by atoms with Gasteiger partial charge in [0.2, 0.25) is 0 Å². The molecule has 0 amide bonds. The van der Waals surface area contributed by atoms with Crippen molar-refractivity contribution in [3.63, 3.8) is 0 Å². The van der Waals surface area contributed by atoms with Gasteiger partial charge >= 0.3 is 19.8 Å². The van der Waals surface area contributed by atoms with Gasteiger partial charge in [0, 0.05) is 12.8 Å². The lowest BCUT2D eigenvalue weighted by atomic mass is 9.85. The average Bonchev–Trinajstić information content (AvgIpc) is 3.30. The normalized spacial score (nSPS) is 21.8. The van der Waals surface area contributed by atoms with Crippen LogP contribution in [-0.2, 0) is 32.7 Å². The number of carbonyl (C=O) groups is 2. The lowest BCUT2D eigenvalue weighted by Gasteiger charge is -2.41. The van der Waals surface area contributed by atoms with Crippen molar-refractivity contribution in [2.45, 2.75) is 243 Å². The van der Waals surface area contributed by atoms with Gasteiger partial charge in [0.05, 0.1) is 6.61 Å². The fraction of sp³-hybridized carbons (Fsp3) is 0.769. The van der Waals surface area contributed by atoms with E-state index in [9.17, 15) is 44.6 Å². The topological polar surface area (TPSA) is 210 Å². The number of hydrogen-bond donors (Lipinski definition) is 6. The number of ether oxygens (including phenoxy) is 2. The molecule has 1 fully saturated rings. The molecule has 8 atom stereocenters. The van der Waals surface area contributed by atoms with Crippen LogP contribution >= 0.6 is 7.82 Å². The summed E-state index contributed by atoms with van der Waals surface area (Å²) in [4.78, 5) is 35.8. The maximum Gasteiger partial charge on any atom is 0.472 e. The highest BCUT2D eigenvalue weighted by Gasteiger charge is 2.51. The first kappa shape index (κ1) is 61.6. The summed E-state index contributed by atoms with van der Waals surface area (Å²) in [5.41, 5.74) is 0. The summed E-state index contributed by atoms with van der Waals surface area (Å²) in [7, 11) is -5.13. The van der Waals surface area contributed by atoms with Crippen molar-refractivity contribution in [3.05, 3.63) is 60.8 Å².